The van der Waals surface area contributed by atoms with Crippen LogP contribution in [0.1, 0.15) is 11.9 Å². The molecule has 110 valence electrons. The summed E-state index contributed by atoms with van der Waals surface area (Å²) in [4.78, 5) is 11.7. The van der Waals surface area contributed by atoms with E-state index in [1.807, 2.05) is 25.1 Å². The van der Waals surface area contributed by atoms with Crippen molar-refractivity contribution < 1.29 is 9.53 Å². The molecule has 0 saturated heterocycles. The first-order chi connectivity index (χ1) is 10.2. The molecule has 0 aliphatic rings. The number of hydrogen-bond donors (Lipinski definition) is 2. The molecule has 0 bridgehead atoms. The number of rotatable bonds is 5. The number of nitrogens with one attached hydrogen (secondary N) is 2. The van der Waals surface area contributed by atoms with Crippen LogP contribution in [0.25, 0.3) is 0 Å². The van der Waals surface area contributed by atoms with Gasteiger partial charge in [0.25, 0.3) is 5.91 Å². The predicted molar refractivity (Wildman–Crippen MR) is 85.6 cm³/mol. The molecule has 2 N–H and O–H groups in total. The van der Waals surface area contributed by atoms with Gasteiger partial charge in [-0.15, -0.1) is 10.2 Å². The van der Waals surface area contributed by atoms with Crippen molar-refractivity contribution in [3.05, 3.63) is 35.3 Å². The summed E-state index contributed by atoms with van der Waals surface area (Å²) in [6.45, 7) is 1.88. The monoisotopic (exact) mass is 322 g/mol. The van der Waals surface area contributed by atoms with Crippen molar-refractivity contribution in [2.75, 3.05) is 11.9 Å². The Bertz CT molecular complexity index is 616. The molecule has 0 aliphatic heterocycles. The van der Waals surface area contributed by atoms with Crippen LogP contribution in [-0.4, -0.2) is 27.8 Å². The average molecular weight is 322 g/mol. The Morgan fingerprint density at radius 1 is 1.33 bits per heavy atom. The maximum atomic E-state index is 11.7. The Hall–Kier alpha value is -2.06. The fourth-order valence-corrected chi connectivity index (χ4v) is 2.36. The van der Waals surface area contributed by atoms with Crippen molar-refractivity contribution >= 4 is 39.7 Å². The minimum absolute atomic E-state index is 0.109. The second-order valence-electron chi connectivity index (χ2n) is 3.96. The van der Waals surface area contributed by atoms with Crippen molar-refractivity contribution in [2.24, 2.45) is 0 Å². The summed E-state index contributed by atoms with van der Waals surface area (Å²) in [6, 6.07) is 9.09. The molecule has 2 rings (SSSR count). The highest BCUT2D eigenvalue weighted by molar-refractivity contribution is 7.80. The highest BCUT2D eigenvalue weighted by atomic mass is 32.1. The molecule has 8 heteroatoms. The SMILES string of the molecule is CCc1nnc(NC(=S)NC(=O)COc2ccccc2)s1. The zero-order valence-electron chi connectivity index (χ0n) is 11.3. The highest BCUT2D eigenvalue weighted by Crippen LogP contribution is 2.15. The summed E-state index contributed by atoms with van der Waals surface area (Å²) in [5.74, 6) is 0.292. The van der Waals surface area contributed by atoms with Crippen molar-refractivity contribution in [1.29, 1.82) is 0 Å². The number of ether oxygens (including phenoxy) is 1. The van der Waals surface area contributed by atoms with Crippen LogP contribution >= 0.6 is 23.6 Å². The van der Waals surface area contributed by atoms with Crippen LogP contribution in [0, 0.1) is 0 Å². The smallest absolute Gasteiger partial charge is 0.264 e. The molecule has 0 saturated carbocycles. The Morgan fingerprint density at radius 2 is 2.10 bits per heavy atom. The van der Waals surface area contributed by atoms with E-state index in [2.05, 4.69) is 20.8 Å². The van der Waals surface area contributed by atoms with Gasteiger partial charge in [0, 0.05) is 0 Å². The zero-order valence-corrected chi connectivity index (χ0v) is 13.0. The number of benzene rings is 1. The fraction of sp³-hybridized carbons (Fsp3) is 0.231. The molecule has 21 heavy (non-hydrogen) atoms. The molecule has 0 aliphatic carbocycles. The molecular formula is C13H14N4O2S2. The van der Waals surface area contributed by atoms with Crippen LogP contribution < -0.4 is 15.4 Å². The van der Waals surface area contributed by atoms with Crippen molar-refractivity contribution in [2.45, 2.75) is 13.3 Å². The number of hydrogen-bond acceptors (Lipinski definition) is 6. The molecule has 0 fully saturated rings. The number of nitrogens with zero attached hydrogens (tertiary/aromatic N) is 2. The Labute approximate surface area is 131 Å². The van der Waals surface area contributed by atoms with E-state index in [0.717, 1.165) is 11.4 Å². The molecule has 0 atom stereocenters. The van der Waals surface area contributed by atoms with Gasteiger partial charge in [-0.2, -0.15) is 0 Å². The van der Waals surface area contributed by atoms with Gasteiger partial charge in [-0.05, 0) is 30.8 Å². The van der Waals surface area contributed by atoms with Crippen LogP contribution in [-0.2, 0) is 11.2 Å². The fourth-order valence-electron chi connectivity index (χ4n) is 1.40. The van der Waals surface area contributed by atoms with Crippen molar-refractivity contribution in [1.82, 2.24) is 15.5 Å². The number of anilines is 1. The Balaban J connectivity index is 1.75. The first-order valence-corrected chi connectivity index (χ1v) is 7.51. The third-order valence-corrected chi connectivity index (χ3v) is 3.54. The largest absolute Gasteiger partial charge is 0.484 e. The molecule has 0 unspecified atom stereocenters. The van der Waals surface area contributed by atoms with Gasteiger partial charge in [-0.25, -0.2) is 0 Å². The number of aromatic nitrogens is 2. The van der Waals surface area contributed by atoms with Gasteiger partial charge in [0.15, 0.2) is 11.7 Å². The molecule has 1 heterocycles. The van der Waals surface area contributed by atoms with E-state index in [1.165, 1.54) is 11.3 Å². The molecule has 1 aromatic carbocycles. The van der Waals surface area contributed by atoms with Gasteiger partial charge in [0.05, 0.1) is 0 Å². The van der Waals surface area contributed by atoms with Crippen LogP contribution in [0.2, 0.25) is 0 Å². The van der Waals surface area contributed by atoms with Gasteiger partial charge in [-0.3, -0.25) is 10.1 Å². The van der Waals surface area contributed by atoms with Crippen LogP contribution in [0.5, 0.6) is 5.75 Å². The number of thiocarbonyl (C=S) groups is 1. The topological polar surface area (TPSA) is 76.1 Å². The second-order valence-corrected chi connectivity index (χ2v) is 5.43. The third kappa shape index (κ3) is 5.09. The lowest BCUT2D eigenvalue weighted by atomic mass is 10.3. The van der Waals surface area contributed by atoms with Crippen molar-refractivity contribution in [3.63, 3.8) is 0 Å². The second kappa shape index (κ2) is 7.65. The molecule has 2 aromatic rings. The lowest BCUT2D eigenvalue weighted by Gasteiger charge is -2.08. The summed E-state index contributed by atoms with van der Waals surface area (Å²) in [5.41, 5.74) is 0. The summed E-state index contributed by atoms with van der Waals surface area (Å²) in [5, 5.41) is 14.8. The van der Waals surface area contributed by atoms with E-state index in [9.17, 15) is 4.79 Å². The first-order valence-electron chi connectivity index (χ1n) is 6.28. The van der Waals surface area contributed by atoms with E-state index < -0.39 is 0 Å². The van der Waals surface area contributed by atoms with Crippen LogP contribution in [0.15, 0.2) is 30.3 Å². The van der Waals surface area contributed by atoms with E-state index in [4.69, 9.17) is 17.0 Å². The van der Waals surface area contributed by atoms with E-state index in [-0.39, 0.29) is 17.6 Å². The van der Waals surface area contributed by atoms with Gasteiger partial charge in [0.1, 0.15) is 10.8 Å². The molecular weight excluding hydrogens is 308 g/mol. The van der Waals surface area contributed by atoms with Crippen LogP contribution in [0.3, 0.4) is 0 Å². The zero-order chi connectivity index (χ0) is 15.1. The Morgan fingerprint density at radius 3 is 2.76 bits per heavy atom. The summed E-state index contributed by atoms with van der Waals surface area (Å²) >= 11 is 6.42. The van der Waals surface area contributed by atoms with E-state index >= 15 is 0 Å². The molecule has 6 nitrogen and oxygen atoms in total. The number of amides is 1. The van der Waals surface area contributed by atoms with Gasteiger partial charge < -0.3 is 10.1 Å². The van der Waals surface area contributed by atoms with Crippen LogP contribution in [0.4, 0.5) is 5.13 Å². The first kappa shape index (κ1) is 15.3. The lowest BCUT2D eigenvalue weighted by Crippen LogP contribution is -2.37. The molecule has 0 radical (unpaired) electrons. The predicted octanol–water partition coefficient (Wildman–Crippen LogP) is 1.99. The average Bonchev–Trinajstić information content (AvgIpc) is 2.93. The van der Waals surface area contributed by atoms with E-state index in [1.54, 1.807) is 12.1 Å². The van der Waals surface area contributed by atoms with Gasteiger partial charge in [0.2, 0.25) is 5.13 Å². The highest BCUT2D eigenvalue weighted by Gasteiger charge is 2.08. The lowest BCUT2D eigenvalue weighted by molar-refractivity contribution is -0.121. The maximum absolute atomic E-state index is 11.7. The quantitative estimate of drug-likeness (QED) is 0.820. The molecule has 1 aromatic heterocycles. The van der Waals surface area contributed by atoms with E-state index in [0.29, 0.717) is 10.9 Å². The maximum Gasteiger partial charge on any atom is 0.264 e. The third-order valence-electron chi connectivity index (χ3n) is 2.36. The van der Waals surface area contributed by atoms with Crippen molar-refractivity contribution in [3.8, 4) is 5.75 Å². The molecule has 1 amide bonds. The number of carbonyl (C=O) groups is 1. The summed E-state index contributed by atoms with van der Waals surface area (Å²) in [6.07, 6.45) is 0.809. The van der Waals surface area contributed by atoms with Gasteiger partial charge >= 0.3 is 0 Å². The standard InChI is InChI=1S/C13H14N4O2S2/c1-2-11-16-17-13(21-11)15-12(20)14-10(18)8-19-9-6-4-3-5-7-9/h3-7H,2,8H2,1H3,(H2,14,15,17,18,20). The summed E-state index contributed by atoms with van der Waals surface area (Å²) < 4.78 is 5.32. The minimum Gasteiger partial charge on any atom is -0.484 e. The summed E-state index contributed by atoms with van der Waals surface area (Å²) in [7, 11) is 0. The minimum atomic E-state index is -0.336. The normalized spacial score (nSPS) is 9.95. The van der Waals surface area contributed by atoms with Gasteiger partial charge in [-0.1, -0.05) is 36.5 Å². The molecule has 0 spiro atoms. The number of para-hydroxylation sites is 1. The number of aryl methyl sites for hydroxylation is 1. The Kier molecular flexibility index (Phi) is 5.59. The number of carbonyl (C=O) groups excluding carboxylic acids is 1.